The average Bonchev–Trinajstić information content (AvgIpc) is 2.71. The first-order valence-corrected chi connectivity index (χ1v) is 9.44. The lowest BCUT2D eigenvalue weighted by atomic mass is 10.0. The summed E-state index contributed by atoms with van der Waals surface area (Å²) in [5.41, 5.74) is 3.51. The molecule has 0 unspecified atom stereocenters. The molecule has 0 fully saturated rings. The second kappa shape index (κ2) is 9.67. The Kier molecular flexibility index (Phi) is 6.75. The van der Waals surface area contributed by atoms with Crippen LogP contribution in [0.4, 0.5) is 5.69 Å². The molecule has 0 bridgehead atoms. The van der Waals surface area contributed by atoms with Gasteiger partial charge in [0, 0.05) is 18.3 Å². The largest absolute Gasteiger partial charge is 0.492 e. The predicted octanol–water partition coefficient (Wildman–Crippen LogP) is 5.88. The maximum Gasteiger partial charge on any atom is 0.121 e. The summed E-state index contributed by atoms with van der Waals surface area (Å²) >= 11 is 0. The number of benzene rings is 3. The molecule has 0 aliphatic rings. The molecule has 0 saturated heterocycles. The molecule has 0 saturated carbocycles. The summed E-state index contributed by atoms with van der Waals surface area (Å²) in [6.45, 7) is 6.29. The van der Waals surface area contributed by atoms with Gasteiger partial charge in [-0.05, 0) is 41.3 Å². The molecule has 0 spiro atoms. The van der Waals surface area contributed by atoms with Crippen molar-refractivity contribution in [2.75, 3.05) is 18.5 Å². The van der Waals surface area contributed by atoms with E-state index in [-0.39, 0.29) is 0 Å². The van der Waals surface area contributed by atoms with Crippen molar-refractivity contribution < 1.29 is 9.47 Å². The average molecular weight is 361 g/mol. The third-order valence-corrected chi connectivity index (χ3v) is 4.33. The van der Waals surface area contributed by atoms with Gasteiger partial charge in [-0.1, -0.05) is 62.4 Å². The van der Waals surface area contributed by atoms with Crippen LogP contribution in [0.3, 0.4) is 0 Å². The van der Waals surface area contributed by atoms with E-state index in [9.17, 15) is 0 Å². The van der Waals surface area contributed by atoms with Crippen LogP contribution in [0, 0.1) is 0 Å². The molecule has 3 nitrogen and oxygen atoms in total. The van der Waals surface area contributed by atoms with Crippen LogP contribution >= 0.6 is 0 Å². The maximum atomic E-state index is 5.87. The Labute approximate surface area is 162 Å². The van der Waals surface area contributed by atoms with E-state index in [1.54, 1.807) is 0 Å². The van der Waals surface area contributed by atoms with E-state index >= 15 is 0 Å². The third kappa shape index (κ3) is 6.07. The lowest BCUT2D eigenvalue weighted by Gasteiger charge is -2.11. The van der Waals surface area contributed by atoms with Gasteiger partial charge in [0.15, 0.2) is 0 Å². The molecule has 0 aliphatic heterocycles. The molecule has 3 heteroatoms. The summed E-state index contributed by atoms with van der Waals surface area (Å²) in [6.07, 6.45) is 0. The summed E-state index contributed by atoms with van der Waals surface area (Å²) < 4.78 is 11.7. The zero-order chi connectivity index (χ0) is 18.9. The normalized spacial score (nSPS) is 10.6. The molecule has 140 valence electrons. The Morgan fingerprint density at radius 1 is 0.778 bits per heavy atom. The number of nitrogens with one attached hydrogen (secondary N) is 1. The van der Waals surface area contributed by atoms with Crippen LogP contribution in [0.2, 0.25) is 0 Å². The minimum atomic E-state index is 0.539. The molecule has 27 heavy (non-hydrogen) atoms. The number of ether oxygens (including phenoxy) is 2. The van der Waals surface area contributed by atoms with Gasteiger partial charge < -0.3 is 14.8 Å². The van der Waals surface area contributed by atoms with E-state index in [2.05, 4.69) is 43.4 Å². The second-order valence-electron chi connectivity index (χ2n) is 6.80. The summed E-state index contributed by atoms with van der Waals surface area (Å²) in [6, 6.07) is 26.5. The second-order valence-corrected chi connectivity index (χ2v) is 6.80. The van der Waals surface area contributed by atoms with Gasteiger partial charge in [0.2, 0.25) is 0 Å². The van der Waals surface area contributed by atoms with Crippen LogP contribution in [0.5, 0.6) is 11.5 Å². The third-order valence-electron chi connectivity index (χ3n) is 4.33. The van der Waals surface area contributed by atoms with Crippen LogP contribution in [0.15, 0.2) is 78.9 Å². The van der Waals surface area contributed by atoms with Crippen molar-refractivity contribution >= 4 is 5.69 Å². The maximum absolute atomic E-state index is 5.87. The highest BCUT2D eigenvalue weighted by Gasteiger charge is 2.01. The summed E-state index contributed by atoms with van der Waals surface area (Å²) in [5.74, 6) is 2.30. The van der Waals surface area contributed by atoms with Gasteiger partial charge in [-0.3, -0.25) is 0 Å². The molecular formula is C24H27NO2. The van der Waals surface area contributed by atoms with Crippen LogP contribution < -0.4 is 14.8 Å². The number of hydrogen-bond acceptors (Lipinski definition) is 3. The van der Waals surface area contributed by atoms with E-state index in [1.807, 2.05) is 54.6 Å². The van der Waals surface area contributed by atoms with Crippen molar-refractivity contribution in [1.29, 1.82) is 0 Å². The molecule has 3 aromatic carbocycles. The van der Waals surface area contributed by atoms with Gasteiger partial charge >= 0.3 is 0 Å². The molecule has 0 heterocycles. The smallest absolute Gasteiger partial charge is 0.121 e. The molecule has 0 atom stereocenters. The van der Waals surface area contributed by atoms with Crippen molar-refractivity contribution in [2.24, 2.45) is 0 Å². The Hall–Kier alpha value is -2.94. The fourth-order valence-electron chi connectivity index (χ4n) is 2.75. The van der Waals surface area contributed by atoms with Crippen molar-refractivity contribution in [3.63, 3.8) is 0 Å². The fourth-order valence-corrected chi connectivity index (χ4v) is 2.75. The SMILES string of the molecule is CC(C)c1ccc(OCCNc2cccc(OCc3ccccc3)c2)cc1. The van der Waals surface area contributed by atoms with E-state index in [4.69, 9.17) is 9.47 Å². The van der Waals surface area contributed by atoms with Crippen LogP contribution in [-0.4, -0.2) is 13.2 Å². The van der Waals surface area contributed by atoms with Gasteiger partial charge in [-0.25, -0.2) is 0 Å². The molecule has 0 radical (unpaired) electrons. The fraction of sp³-hybridized carbons (Fsp3) is 0.250. The Morgan fingerprint density at radius 3 is 2.30 bits per heavy atom. The van der Waals surface area contributed by atoms with E-state index in [0.29, 0.717) is 19.1 Å². The lowest BCUT2D eigenvalue weighted by Crippen LogP contribution is -2.11. The van der Waals surface area contributed by atoms with E-state index in [1.165, 1.54) is 5.56 Å². The lowest BCUT2D eigenvalue weighted by molar-refractivity contribution is 0.306. The highest BCUT2D eigenvalue weighted by Crippen LogP contribution is 2.20. The topological polar surface area (TPSA) is 30.5 Å². The predicted molar refractivity (Wildman–Crippen MR) is 112 cm³/mol. The molecule has 1 N–H and O–H groups in total. The highest BCUT2D eigenvalue weighted by molar-refractivity contribution is 5.48. The minimum Gasteiger partial charge on any atom is -0.492 e. The zero-order valence-electron chi connectivity index (χ0n) is 16.0. The minimum absolute atomic E-state index is 0.539. The van der Waals surface area contributed by atoms with Crippen molar-refractivity contribution in [3.05, 3.63) is 90.0 Å². The molecular weight excluding hydrogens is 334 g/mol. The Bertz CT molecular complexity index is 813. The van der Waals surface area contributed by atoms with Gasteiger partial charge in [0.1, 0.15) is 24.7 Å². The van der Waals surface area contributed by atoms with Crippen molar-refractivity contribution in [3.8, 4) is 11.5 Å². The Balaban J connectivity index is 1.43. The first-order valence-electron chi connectivity index (χ1n) is 9.44. The highest BCUT2D eigenvalue weighted by atomic mass is 16.5. The summed E-state index contributed by atoms with van der Waals surface area (Å²) in [4.78, 5) is 0. The van der Waals surface area contributed by atoms with Crippen LogP contribution in [-0.2, 0) is 6.61 Å². The molecule has 0 amide bonds. The number of rotatable bonds is 9. The van der Waals surface area contributed by atoms with Gasteiger partial charge in [0.05, 0.1) is 0 Å². The van der Waals surface area contributed by atoms with Gasteiger partial charge in [-0.15, -0.1) is 0 Å². The summed E-state index contributed by atoms with van der Waals surface area (Å²) in [7, 11) is 0. The molecule has 0 aliphatic carbocycles. The Morgan fingerprint density at radius 2 is 1.56 bits per heavy atom. The standard InChI is InChI=1S/C24H27NO2/c1-19(2)21-11-13-23(14-12-21)26-16-15-25-22-9-6-10-24(17-22)27-18-20-7-4-3-5-8-20/h3-14,17,19,25H,15-16,18H2,1-2H3. The monoisotopic (exact) mass is 361 g/mol. The number of hydrogen-bond donors (Lipinski definition) is 1. The quantitative estimate of drug-likeness (QED) is 0.483. The molecule has 0 aromatic heterocycles. The number of anilines is 1. The first-order chi connectivity index (χ1) is 13.2. The van der Waals surface area contributed by atoms with Crippen molar-refractivity contribution in [2.45, 2.75) is 26.4 Å². The van der Waals surface area contributed by atoms with Crippen LogP contribution in [0.25, 0.3) is 0 Å². The summed E-state index contributed by atoms with van der Waals surface area (Å²) in [5, 5.41) is 3.38. The van der Waals surface area contributed by atoms with Crippen molar-refractivity contribution in [1.82, 2.24) is 0 Å². The molecule has 3 rings (SSSR count). The molecule has 3 aromatic rings. The first kappa shape index (κ1) is 18.8. The van der Waals surface area contributed by atoms with E-state index < -0.39 is 0 Å². The van der Waals surface area contributed by atoms with E-state index in [0.717, 1.165) is 29.3 Å². The zero-order valence-corrected chi connectivity index (χ0v) is 16.0. The van der Waals surface area contributed by atoms with Gasteiger partial charge in [-0.2, -0.15) is 0 Å². The van der Waals surface area contributed by atoms with Gasteiger partial charge in [0.25, 0.3) is 0 Å². The van der Waals surface area contributed by atoms with Crippen LogP contribution in [0.1, 0.15) is 30.9 Å².